The normalized spacial score (nSPS) is 20.0. The molecule has 1 aromatic heterocycles. The highest BCUT2D eigenvalue weighted by Crippen LogP contribution is 2.28. The molecular formula is C16H22N2O3S. The Bertz CT molecular complexity index is 767. The van der Waals surface area contributed by atoms with E-state index in [2.05, 4.69) is 15.7 Å². The van der Waals surface area contributed by atoms with E-state index in [1.165, 1.54) is 0 Å². The number of para-hydroxylation sites is 1. The summed E-state index contributed by atoms with van der Waals surface area (Å²) in [6.07, 6.45) is 0.685. The molecule has 5 nitrogen and oxygen atoms in total. The van der Waals surface area contributed by atoms with Crippen molar-refractivity contribution >= 4 is 21.0 Å². The van der Waals surface area contributed by atoms with E-state index >= 15 is 0 Å². The lowest BCUT2D eigenvalue weighted by molar-refractivity contribution is 0.329. The van der Waals surface area contributed by atoms with Gasteiger partial charge in [-0.1, -0.05) is 25.1 Å². The number of nitrogens with one attached hydrogen (secondary N) is 1. The topological polar surface area (TPSA) is 62.6 Å². The van der Waals surface area contributed by atoms with Crippen molar-refractivity contribution in [3.05, 3.63) is 35.6 Å². The lowest BCUT2D eigenvalue weighted by Gasteiger charge is -2.16. The van der Waals surface area contributed by atoms with Crippen molar-refractivity contribution in [2.24, 2.45) is 0 Å². The van der Waals surface area contributed by atoms with Crippen LogP contribution in [0.1, 0.15) is 24.7 Å². The van der Waals surface area contributed by atoms with Crippen molar-refractivity contribution in [2.45, 2.75) is 32.1 Å². The Morgan fingerprint density at radius 3 is 2.91 bits per heavy atom. The second-order valence-corrected chi connectivity index (χ2v) is 7.87. The second kappa shape index (κ2) is 6.02. The minimum absolute atomic E-state index is 0.314. The van der Waals surface area contributed by atoms with Gasteiger partial charge >= 0.3 is 0 Å². The number of benzene rings is 1. The zero-order valence-electron chi connectivity index (χ0n) is 13.0. The van der Waals surface area contributed by atoms with E-state index in [1.54, 1.807) is 0 Å². The molecule has 2 aromatic rings. The SMILES string of the molecule is CCNS(=O)(=O)[C@@H]1CCN(Cc2c(C)oc3ccccc23)C1. The van der Waals surface area contributed by atoms with Gasteiger partial charge in [0, 0.05) is 30.6 Å². The molecule has 1 aliphatic rings. The molecule has 1 saturated heterocycles. The van der Waals surface area contributed by atoms with Crippen molar-refractivity contribution in [2.75, 3.05) is 19.6 Å². The molecule has 120 valence electrons. The average Bonchev–Trinajstić information content (AvgIpc) is 3.06. The van der Waals surface area contributed by atoms with Crippen LogP contribution in [0.2, 0.25) is 0 Å². The largest absolute Gasteiger partial charge is 0.461 e. The van der Waals surface area contributed by atoms with E-state index < -0.39 is 10.0 Å². The number of fused-ring (bicyclic) bond motifs is 1. The molecule has 0 amide bonds. The number of hydrogen-bond acceptors (Lipinski definition) is 4. The number of sulfonamides is 1. The maximum Gasteiger partial charge on any atom is 0.215 e. The van der Waals surface area contributed by atoms with Gasteiger partial charge in [0.1, 0.15) is 11.3 Å². The van der Waals surface area contributed by atoms with Crippen molar-refractivity contribution in [1.29, 1.82) is 0 Å². The molecule has 0 radical (unpaired) electrons. The smallest absolute Gasteiger partial charge is 0.215 e. The molecule has 3 rings (SSSR count). The van der Waals surface area contributed by atoms with Crippen LogP contribution < -0.4 is 4.72 Å². The van der Waals surface area contributed by atoms with Gasteiger partial charge in [-0.2, -0.15) is 0 Å². The molecule has 0 unspecified atom stereocenters. The molecule has 0 aliphatic carbocycles. The van der Waals surface area contributed by atoms with Gasteiger partial charge in [0.25, 0.3) is 0 Å². The maximum atomic E-state index is 12.1. The third-order valence-corrected chi connectivity index (χ3v) is 6.25. The number of furan rings is 1. The first-order chi connectivity index (χ1) is 10.5. The fourth-order valence-electron chi connectivity index (χ4n) is 3.15. The molecule has 22 heavy (non-hydrogen) atoms. The summed E-state index contributed by atoms with van der Waals surface area (Å²) in [5, 5.41) is 0.809. The summed E-state index contributed by atoms with van der Waals surface area (Å²) in [6.45, 7) is 6.34. The average molecular weight is 322 g/mol. The van der Waals surface area contributed by atoms with Crippen molar-refractivity contribution < 1.29 is 12.8 Å². The number of likely N-dealkylation sites (tertiary alicyclic amines) is 1. The Balaban J connectivity index is 1.76. The van der Waals surface area contributed by atoms with E-state index in [0.29, 0.717) is 19.5 Å². The van der Waals surface area contributed by atoms with Gasteiger partial charge in [0.15, 0.2) is 0 Å². The molecule has 1 aromatic carbocycles. The highest BCUT2D eigenvalue weighted by Gasteiger charge is 2.33. The van der Waals surface area contributed by atoms with Crippen LogP contribution in [0, 0.1) is 6.92 Å². The molecule has 6 heteroatoms. The highest BCUT2D eigenvalue weighted by atomic mass is 32.2. The number of hydrogen-bond donors (Lipinski definition) is 1. The Morgan fingerprint density at radius 1 is 1.36 bits per heavy atom. The van der Waals surface area contributed by atoms with Crippen LogP contribution in [0.15, 0.2) is 28.7 Å². The first-order valence-corrected chi connectivity index (χ1v) is 9.23. The van der Waals surface area contributed by atoms with Gasteiger partial charge in [-0.3, -0.25) is 4.90 Å². The van der Waals surface area contributed by atoms with Crippen LogP contribution in [0.25, 0.3) is 11.0 Å². The molecule has 2 heterocycles. The summed E-state index contributed by atoms with van der Waals surface area (Å²) >= 11 is 0. The number of aryl methyl sites for hydroxylation is 1. The van der Waals surface area contributed by atoms with Gasteiger partial charge in [-0.15, -0.1) is 0 Å². The Hall–Kier alpha value is -1.37. The molecule has 0 saturated carbocycles. The van der Waals surface area contributed by atoms with E-state index in [1.807, 2.05) is 32.0 Å². The van der Waals surface area contributed by atoms with Crippen LogP contribution in [0.5, 0.6) is 0 Å². The van der Waals surface area contributed by atoms with Crippen LogP contribution in [0.4, 0.5) is 0 Å². The van der Waals surface area contributed by atoms with Gasteiger partial charge in [-0.05, 0) is 26.0 Å². The van der Waals surface area contributed by atoms with Crippen LogP contribution >= 0.6 is 0 Å². The van der Waals surface area contributed by atoms with Gasteiger partial charge in [0.05, 0.1) is 5.25 Å². The van der Waals surface area contributed by atoms with Crippen LogP contribution in [0.3, 0.4) is 0 Å². The highest BCUT2D eigenvalue weighted by molar-refractivity contribution is 7.90. The van der Waals surface area contributed by atoms with E-state index in [9.17, 15) is 8.42 Å². The molecule has 0 bridgehead atoms. The summed E-state index contributed by atoms with van der Waals surface area (Å²) < 4.78 is 32.6. The zero-order chi connectivity index (χ0) is 15.7. The summed E-state index contributed by atoms with van der Waals surface area (Å²) in [7, 11) is -3.19. The Kier molecular flexibility index (Phi) is 4.25. The minimum atomic E-state index is -3.19. The lowest BCUT2D eigenvalue weighted by atomic mass is 10.1. The van der Waals surface area contributed by atoms with E-state index in [-0.39, 0.29) is 5.25 Å². The first-order valence-electron chi connectivity index (χ1n) is 7.69. The van der Waals surface area contributed by atoms with Crippen molar-refractivity contribution in [1.82, 2.24) is 9.62 Å². The standard InChI is InChI=1S/C16H22N2O3S/c1-3-17-22(19,20)13-8-9-18(10-13)11-15-12(2)21-16-7-5-4-6-14(15)16/h4-7,13,17H,3,8-11H2,1-2H3/t13-/m1/s1. The number of nitrogens with zero attached hydrogens (tertiary/aromatic N) is 1. The molecule has 1 atom stereocenters. The third kappa shape index (κ3) is 2.91. The van der Waals surface area contributed by atoms with Crippen molar-refractivity contribution in [3.63, 3.8) is 0 Å². The van der Waals surface area contributed by atoms with E-state index in [0.717, 1.165) is 35.4 Å². The Morgan fingerprint density at radius 2 is 2.14 bits per heavy atom. The molecule has 1 fully saturated rings. The van der Waals surface area contributed by atoms with Crippen LogP contribution in [-0.4, -0.2) is 38.2 Å². The monoisotopic (exact) mass is 322 g/mol. The number of rotatable bonds is 5. The van der Waals surface area contributed by atoms with Gasteiger partial charge in [0.2, 0.25) is 10.0 Å². The van der Waals surface area contributed by atoms with Crippen LogP contribution in [-0.2, 0) is 16.6 Å². The zero-order valence-corrected chi connectivity index (χ0v) is 13.8. The predicted molar refractivity (Wildman–Crippen MR) is 87.2 cm³/mol. The molecular weight excluding hydrogens is 300 g/mol. The summed E-state index contributed by atoms with van der Waals surface area (Å²) in [4.78, 5) is 2.20. The molecule has 0 spiro atoms. The quantitative estimate of drug-likeness (QED) is 0.917. The summed E-state index contributed by atoms with van der Waals surface area (Å²) in [5.41, 5.74) is 2.06. The fraction of sp³-hybridized carbons (Fsp3) is 0.500. The fourth-order valence-corrected chi connectivity index (χ4v) is 4.62. The van der Waals surface area contributed by atoms with Gasteiger partial charge < -0.3 is 4.42 Å². The Labute approximate surface area is 131 Å². The van der Waals surface area contributed by atoms with E-state index in [4.69, 9.17) is 4.42 Å². The summed E-state index contributed by atoms with van der Waals surface area (Å²) in [6, 6.07) is 7.99. The van der Waals surface area contributed by atoms with Crippen molar-refractivity contribution in [3.8, 4) is 0 Å². The minimum Gasteiger partial charge on any atom is -0.461 e. The molecule has 1 aliphatic heterocycles. The lowest BCUT2D eigenvalue weighted by Crippen LogP contribution is -2.36. The summed E-state index contributed by atoms with van der Waals surface area (Å²) in [5.74, 6) is 0.916. The van der Waals surface area contributed by atoms with Gasteiger partial charge in [-0.25, -0.2) is 13.1 Å². The second-order valence-electron chi connectivity index (χ2n) is 5.82. The first kappa shape index (κ1) is 15.5. The molecule has 1 N–H and O–H groups in total. The maximum absolute atomic E-state index is 12.1. The predicted octanol–water partition coefficient (Wildman–Crippen LogP) is 2.25. The third-order valence-electron chi connectivity index (χ3n) is 4.30.